The van der Waals surface area contributed by atoms with E-state index in [1.54, 1.807) is 32.4 Å². The van der Waals surface area contributed by atoms with E-state index in [1.807, 2.05) is 6.07 Å². The van der Waals surface area contributed by atoms with Gasteiger partial charge in [0.15, 0.2) is 17.3 Å². The number of hydrogen-bond acceptors (Lipinski definition) is 4. The van der Waals surface area contributed by atoms with Gasteiger partial charge in [0.1, 0.15) is 5.75 Å². The Hall–Kier alpha value is -2.95. The normalized spacial score (nSPS) is 12.4. The summed E-state index contributed by atoms with van der Waals surface area (Å²) in [7, 11) is 3.13. The smallest absolute Gasteiger partial charge is 0.196 e. The number of fused-ring (bicyclic) bond motifs is 5. The lowest BCUT2D eigenvalue weighted by Gasteiger charge is -2.07. The van der Waals surface area contributed by atoms with E-state index in [2.05, 4.69) is 4.98 Å². The molecule has 0 fully saturated rings. The number of methoxy groups -OCH3 is 2. The number of carbonyl (C=O) groups is 1. The Kier molecular flexibility index (Phi) is 2.48. The molecule has 110 valence electrons. The van der Waals surface area contributed by atoms with Crippen LogP contribution in [0, 0.1) is 0 Å². The molecular weight excluding hydrogens is 282 g/mol. The van der Waals surface area contributed by atoms with Gasteiger partial charge in [-0.05, 0) is 24.3 Å². The second-order valence-electron chi connectivity index (χ2n) is 5.19. The Labute approximate surface area is 126 Å². The van der Waals surface area contributed by atoms with Gasteiger partial charge < -0.3 is 19.6 Å². The molecule has 2 N–H and O–H groups in total. The number of aromatic amines is 1. The number of hydrogen-bond donors (Lipinski definition) is 2. The van der Waals surface area contributed by atoms with Gasteiger partial charge in [-0.2, -0.15) is 0 Å². The highest BCUT2D eigenvalue weighted by Gasteiger charge is 2.31. The summed E-state index contributed by atoms with van der Waals surface area (Å²) in [6, 6.07) is 8.44. The molecule has 5 nitrogen and oxygen atoms in total. The molecule has 1 aliphatic carbocycles. The number of ether oxygens (including phenoxy) is 2. The molecule has 1 aliphatic rings. The third-order valence-corrected chi connectivity index (χ3v) is 4.05. The van der Waals surface area contributed by atoms with Crippen molar-refractivity contribution in [1.29, 1.82) is 0 Å². The van der Waals surface area contributed by atoms with Gasteiger partial charge in [-0.15, -0.1) is 0 Å². The maximum absolute atomic E-state index is 12.7. The molecule has 0 unspecified atom stereocenters. The maximum Gasteiger partial charge on any atom is 0.196 e. The van der Waals surface area contributed by atoms with Gasteiger partial charge in [0.05, 0.1) is 31.0 Å². The molecule has 0 bridgehead atoms. The Balaban J connectivity index is 2.05. The lowest BCUT2D eigenvalue weighted by molar-refractivity contribution is 0.104. The molecule has 0 amide bonds. The van der Waals surface area contributed by atoms with Gasteiger partial charge in [0.25, 0.3) is 0 Å². The molecule has 1 aromatic heterocycles. The molecule has 5 heteroatoms. The zero-order valence-corrected chi connectivity index (χ0v) is 12.1. The second-order valence-corrected chi connectivity index (χ2v) is 5.19. The van der Waals surface area contributed by atoms with Gasteiger partial charge in [0, 0.05) is 22.6 Å². The highest BCUT2D eigenvalue weighted by atomic mass is 16.5. The zero-order chi connectivity index (χ0) is 15.4. The number of ketones is 1. The third-order valence-electron chi connectivity index (χ3n) is 4.05. The monoisotopic (exact) mass is 295 g/mol. The summed E-state index contributed by atoms with van der Waals surface area (Å²) in [5, 5.41) is 10.4. The van der Waals surface area contributed by atoms with E-state index >= 15 is 0 Å². The Morgan fingerprint density at radius 3 is 2.45 bits per heavy atom. The van der Waals surface area contributed by atoms with Gasteiger partial charge in [-0.1, -0.05) is 0 Å². The van der Waals surface area contributed by atoms with Gasteiger partial charge in [0.2, 0.25) is 0 Å². The average Bonchev–Trinajstić information content (AvgIpc) is 3.01. The van der Waals surface area contributed by atoms with Crippen molar-refractivity contribution in [2.24, 2.45) is 0 Å². The molecule has 4 rings (SSSR count). The van der Waals surface area contributed by atoms with Crippen LogP contribution in [0.2, 0.25) is 0 Å². The fourth-order valence-electron chi connectivity index (χ4n) is 3.03. The summed E-state index contributed by atoms with van der Waals surface area (Å²) in [5.41, 5.74) is 3.50. The Morgan fingerprint density at radius 1 is 1.00 bits per heavy atom. The lowest BCUT2D eigenvalue weighted by Crippen LogP contribution is -1.96. The molecule has 3 aromatic rings. The van der Waals surface area contributed by atoms with E-state index in [4.69, 9.17) is 9.47 Å². The number of rotatable bonds is 2. The summed E-state index contributed by atoms with van der Waals surface area (Å²) >= 11 is 0. The van der Waals surface area contributed by atoms with Crippen molar-refractivity contribution >= 4 is 16.7 Å². The first-order valence-electron chi connectivity index (χ1n) is 6.80. The van der Waals surface area contributed by atoms with Crippen molar-refractivity contribution < 1.29 is 19.4 Å². The summed E-state index contributed by atoms with van der Waals surface area (Å²) in [6.07, 6.45) is 0. The molecule has 0 aliphatic heterocycles. The highest BCUT2D eigenvalue weighted by Crippen LogP contribution is 2.44. The molecule has 22 heavy (non-hydrogen) atoms. The number of aromatic hydroxyl groups is 1. The largest absolute Gasteiger partial charge is 0.508 e. The number of aromatic nitrogens is 1. The molecule has 1 heterocycles. The van der Waals surface area contributed by atoms with Gasteiger partial charge in [-0.25, -0.2) is 0 Å². The molecule has 0 saturated carbocycles. The van der Waals surface area contributed by atoms with Crippen LogP contribution in [-0.2, 0) is 0 Å². The number of phenolic OH excluding ortho intramolecular Hbond substituents is 1. The Morgan fingerprint density at radius 2 is 1.73 bits per heavy atom. The minimum Gasteiger partial charge on any atom is -0.508 e. The van der Waals surface area contributed by atoms with E-state index in [-0.39, 0.29) is 11.5 Å². The lowest BCUT2D eigenvalue weighted by atomic mass is 10.1. The van der Waals surface area contributed by atoms with Crippen molar-refractivity contribution in [3.05, 3.63) is 41.5 Å². The average molecular weight is 295 g/mol. The first kappa shape index (κ1) is 12.8. The molecule has 0 atom stereocenters. The van der Waals surface area contributed by atoms with Crippen molar-refractivity contribution in [2.45, 2.75) is 0 Å². The van der Waals surface area contributed by atoms with E-state index in [0.29, 0.717) is 22.6 Å². The maximum atomic E-state index is 12.7. The van der Waals surface area contributed by atoms with Crippen LogP contribution in [-0.4, -0.2) is 30.1 Å². The minimum atomic E-state index is -0.0978. The van der Waals surface area contributed by atoms with Crippen LogP contribution < -0.4 is 9.47 Å². The number of nitrogens with one attached hydrogen (secondary N) is 1. The Bertz CT molecular complexity index is 939. The SMILES string of the molecule is COc1cc2[nH]c3c(c2cc1OC)C(=O)c1cc(O)ccc1-3. The number of carbonyl (C=O) groups excluding carboxylic acids is 1. The molecule has 0 saturated heterocycles. The van der Waals surface area contributed by atoms with E-state index in [1.165, 1.54) is 6.07 Å². The number of benzene rings is 2. The summed E-state index contributed by atoms with van der Waals surface area (Å²) < 4.78 is 10.6. The second kappa shape index (κ2) is 4.27. The molecule has 2 aromatic carbocycles. The van der Waals surface area contributed by atoms with Crippen LogP contribution in [0.25, 0.3) is 22.2 Å². The van der Waals surface area contributed by atoms with Crippen molar-refractivity contribution in [3.63, 3.8) is 0 Å². The van der Waals surface area contributed by atoms with Gasteiger partial charge in [-0.3, -0.25) is 4.79 Å². The van der Waals surface area contributed by atoms with Crippen molar-refractivity contribution in [3.8, 4) is 28.5 Å². The van der Waals surface area contributed by atoms with Crippen LogP contribution in [0.4, 0.5) is 0 Å². The van der Waals surface area contributed by atoms with Crippen LogP contribution in [0.3, 0.4) is 0 Å². The molecular formula is C17H13NO4. The van der Waals surface area contributed by atoms with E-state index in [0.717, 1.165) is 22.2 Å². The van der Waals surface area contributed by atoms with E-state index in [9.17, 15) is 9.90 Å². The topological polar surface area (TPSA) is 71.5 Å². The summed E-state index contributed by atoms with van der Waals surface area (Å²) in [4.78, 5) is 15.9. The predicted octanol–water partition coefficient (Wildman–Crippen LogP) is 3.10. The first-order chi connectivity index (χ1) is 10.6. The first-order valence-corrected chi connectivity index (χ1v) is 6.80. The quantitative estimate of drug-likeness (QED) is 0.596. The summed E-state index contributed by atoms with van der Waals surface area (Å²) in [5.74, 6) is 1.16. The minimum absolute atomic E-state index is 0.0841. The third kappa shape index (κ3) is 1.50. The number of H-pyrrole nitrogens is 1. The van der Waals surface area contributed by atoms with Crippen LogP contribution in [0.5, 0.6) is 17.2 Å². The molecule has 0 radical (unpaired) electrons. The van der Waals surface area contributed by atoms with E-state index < -0.39 is 0 Å². The highest BCUT2D eigenvalue weighted by molar-refractivity contribution is 6.27. The molecule has 0 spiro atoms. The fraction of sp³-hybridized carbons (Fsp3) is 0.118. The van der Waals surface area contributed by atoms with Crippen LogP contribution in [0.15, 0.2) is 30.3 Å². The van der Waals surface area contributed by atoms with Crippen molar-refractivity contribution in [1.82, 2.24) is 4.98 Å². The summed E-state index contributed by atoms with van der Waals surface area (Å²) in [6.45, 7) is 0. The zero-order valence-electron chi connectivity index (χ0n) is 12.1. The number of phenols is 1. The van der Waals surface area contributed by atoms with Crippen LogP contribution in [0.1, 0.15) is 15.9 Å². The van der Waals surface area contributed by atoms with Gasteiger partial charge >= 0.3 is 0 Å². The van der Waals surface area contributed by atoms with Crippen molar-refractivity contribution in [2.75, 3.05) is 14.2 Å². The van der Waals surface area contributed by atoms with Crippen LogP contribution >= 0.6 is 0 Å². The predicted molar refractivity (Wildman–Crippen MR) is 81.9 cm³/mol. The fourth-order valence-corrected chi connectivity index (χ4v) is 3.03. The standard InChI is InChI=1S/C17H13NO4/c1-21-13-6-11-12(7-14(13)22-2)18-16-9-4-3-8(19)5-10(9)17(20)15(11)16/h3-7,18-19H,1-2H3.